The van der Waals surface area contributed by atoms with Crippen LogP contribution in [0.25, 0.3) is 0 Å². The Morgan fingerprint density at radius 2 is 2.27 bits per heavy atom. The molecule has 0 radical (unpaired) electrons. The summed E-state index contributed by atoms with van der Waals surface area (Å²) in [5.41, 5.74) is 5.33. The van der Waals surface area contributed by atoms with Crippen molar-refractivity contribution in [1.29, 1.82) is 5.41 Å². The Hall–Kier alpha value is -0.610. The van der Waals surface area contributed by atoms with Gasteiger partial charge >= 0.3 is 0 Å². The van der Waals surface area contributed by atoms with Crippen LogP contribution in [-0.4, -0.2) is 41.6 Å². The van der Waals surface area contributed by atoms with Crippen LogP contribution in [0.3, 0.4) is 0 Å². The van der Waals surface area contributed by atoms with Crippen molar-refractivity contribution < 1.29 is 5.11 Å². The Bertz CT molecular complexity index is 194. The molecule has 88 valence electrons. The molecule has 4 N–H and O–H groups in total. The summed E-state index contributed by atoms with van der Waals surface area (Å²) in [4.78, 5) is 2.45. The summed E-state index contributed by atoms with van der Waals surface area (Å²) in [6.45, 7) is 2.45. The fourth-order valence-corrected chi connectivity index (χ4v) is 2.30. The lowest BCUT2D eigenvalue weighted by molar-refractivity contribution is 0.118. The standard InChI is InChI=1S/C11H23N3O/c12-11(13)5-3-8-14-7-2-1-4-10(14)6-9-15/h10,15H,1-9H2,(H3,12,13). The molecule has 15 heavy (non-hydrogen) atoms. The maximum absolute atomic E-state index is 8.97. The van der Waals surface area contributed by atoms with Crippen LogP contribution >= 0.6 is 0 Å². The average Bonchev–Trinajstić information content (AvgIpc) is 2.20. The van der Waals surface area contributed by atoms with Gasteiger partial charge in [0.2, 0.25) is 0 Å². The Balaban J connectivity index is 2.25. The molecule has 0 saturated carbocycles. The van der Waals surface area contributed by atoms with Crippen molar-refractivity contribution in [1.82, 2.24) is 4.90 Å². The zero-order valence-electron chi connectivity index (χ0n) is 9.41. The number of aliphatic hydroxyl groups excluding tert-OH is 1. The molecule has 0 aromatic rings. The molecule has 1 aliphatic heterocycles. The van der Waals surface area contributed by atoms with Crippen LogP contribution in [0, 0.1) is 5.41 Å². The summed E-state index contributed by atoms with van der Waals surface area (Å²) in [6.07, 6.45) is 6.32. The molecule has 1 rings (SSSR count). The molecular formula is C11H23N3O. The molecule has 1 saturated heterocycles. The molecule has 1 atom stereocenters. The molecule has 4 heteroatoms. The highest BCUT2D eigenvalue weighted by Crippen LogP contribution is 2.19. The summed E-state index contributed by atoms with van der Waals surface area (Å²) in [7, 11) is 0. The van der Waals surface area contributed by atoms with Gasteiger partial charge in [-0.1, -0.05) is 6.42 Å². The number of nitrogens with two attached hydrogens (primary N) is 1. The zero-order chi connectivity index (χ0) is 11.1. The molecule has 4 nitrogen and oxygen atoms in total. The van der Waals surface area contributed by atoms with Gasteiger partial charge in [0.15, 0.2) is 0 Å². The van der Waals surface area contributed by atoms with Gasteiger partial charge in [0, 0.05) is 19.1 Å². The third kappa shape index (κ3) is 4.62. The highest BCUT2D eigenvalue weighted by molar-refractivity contribution is 5.76. The van der Waals surface area contributed by atoms with Gasteiger partial charge in [0.05, 0.1) is 5.84 Å². The lowest BCUT2D eigenvalue weighted by atomic mass is 9.99. The third-order valence-electron chi connectivity index (χ3n) is 3.10. The van der Waals surface area contributed by atoms with Gasteiger partial charge in [-0.3, -0.25) is 5.41 Å². The second-order valence-corrected chi connectivity index (χ2v) is 4.33. The van der Waals surface area contributed by atoms with E-state index in [0.717, 1.165) is 25.9 Å². The first-order valence-corrected chi connectivity index (χ1v) is 5.92. The van der Waals surface area contributed by atoms with Gasteiger partial charge < -0.3 is 15.7 Å². The van der Waals surface area contributed by atoms with E-state index < -0.39 is 0 Å². The summed E-state index contributed by atoms with van der Waals surface area (Å²) in [5, 5.41) is 16.1. The summed E-state index contributed by atoms with van der Waals surface area (Å²) in [6, 6.07) is 0.552. The molecule has 0 aromatic carbocycles. The predicted octanol–water partition coefficient (Wildman–Crippen LogP) is 0.939. The molecule has 0 aromatic heterocycles. The Morgan fingerprint density at radius 3 is 2.93 bits per heavy atom. The third-order valence-corrected chi connectivity index (χ3v) is 3.10. The first-order chi connectivity index (χ1) is 7.24. The molecule has 1 unspecified atom stereocenters. The maximum Gasteiger partial charge on any atom is 0.0905 e. The molecule has 1 heterocycles. The van der Waals surface area contributed by atoms with E-state index in [1.807, 2.05) is 0 Å². The van der Waals surface area contributed by atoms with Crippen molar-refractivity contribution in [2.24, 2.45) is 5.73 Å². The van der Waals surface area contributed by atoms with E-state index in [1.165, 1.54) is 19.3 Å². The number of piperidine rings is 1. The lowest BCUT2D eigenvalue weighted by Gasteiger charge is -2.35. The second-order valence-electron chi connectivity index (χ2n) is 4.33. The number of rotatable bonds is 6. The number of nitrogens with one attached hydrogen (secondary N) is 1. The van der Waals surface area contributed by atoms with Crippen molar-refractivity contribution in [2.45, 2.75) is 44.6 Å². The van der Waals surface area contributed by atoms with Gasteiger partial charge in [-0.25, -0.2) is 0 Å². The van der Waals surface area contributed by atoms with Crippen LogP contribution < -0.4 is 5.73 Å². The molecule has 0 amide bonds. The maximum atomic E-state index is 8.97. The summed E-state index contributed by atoms with van der Waals surface area (Å²) in [5.74, 6) is 0.283. The van der Waals surface area contributed by atoms with E-state index in [0.29, 0.717) is 12.5 Å². The predicted molar refractivity (Wildman–Crippen MR) is 62.1 cm³/mol. The Labute approximate surface area is 92.0 Å². The molecule has 0 bridgehead atoms. The van der Waals surface area contributed by atoms with E-state index in [9.17, 15) is 0 Å². The molecule has 0 aliphatic carbocycles. The number of likely N-dealkylation sites (tertiary alicyclic amines) is 1. The molecule has 1 fully saturated rings. The Morgan fingerprint density at radius 1 is 1.47 bits per heavy atom. The summed E-state index contributed by atoms with van der Waals surface area (Å²) < 4.78 is 0. The minimum atomic E-state index is 0.283. The van der Waals surface area contributed by atoms with E-state index >= 15 is 0 Å². The number of nitrogens with zero attached hydrogens (tertiary/aromatic N) is 1. The van der Waals surface area contributed by atoms with Gasteiger partial charge in [-0.15, -0.1) is 0 Å². The number of aliphatic hydroxyl groups is 1. The molecule has 0 spiro atoms. The zero-order valence-corrected chi connectivity index (χ0v) is 9.41. The van der Waals surface area contributed by atoms with Crippen molar-refractivity contribution in [2.75, 3.05) is 19.7 Å². The topological polar surface area (TPSA) is 73.3 Å². The molecule has 1 aliphatic rings. The van der Waals surface area contributed by atoms with E-state index in [2.05, 4.69) is 4.90 Å². The normalized spacial score (nSPS) is 22.9. The monoisotopic (exact) mass is 213 g/mol. The number of amidine groups is 1. The number of hydrogen-bond acceptors (Lipinski definition) is 3. The second kappa shape index (κ2) is 6.80. The van der Waals surface area contributed by atoms with Crippen molar-refractivity contribution in [3.8, 4) is 0 Å². The van der Waals surface area contributed by atoms with Crippen LogP contribution in [0.4, 0.5) is 0 Å². The highest BCUT2D eigenvalue weighted by atomic mass is 16.3. The minimum absolute atomic E-state index is 0.283. The first kappa shape index (κ1) is 12.5. The van der Waals surface area contributed by atoms with Gasteiger partial charge in [-0.05, 0) is 38.8 Å². The van der Waals surface area contributed by atoms with Crippen molar-refractivity contribution in [3.63, 3.8) is 0 Å². The molecular weight excluding hydrogens is 190 g/mol. The van der Waals surface area contributed by atoms with Crippen molar-refractivity contribution in [3.05, 3.63) is 0 Å². The van der Waals surface area contributed by atoms with Crippen LogP contribution in [0.2, 0.25) is 0 Å². The SMILES string of the molecule is N=C(N)CCCN1CCCCC1CCO. The number of hydrogen-bond donors (Lipinski definition) is 3. The smallest absolute Gasteiger partial charge is 0.0905 e. The first-order valence-electron chi connectivity index (χ1n) is 5.92. The van der Waals surface area contributed by atoms with Crippen LogP contribution in [0.1, 0.15) is 38.5 Å². The van der Waals surface area contributed by atoms with Crippen LogP contribution in [0.5, 0.6) is 0 Å². The lowest BCUT2D eigenvalue weighted by Crippen LogP contribution is -2.40. The average molecular weight is 213 g/mol. The fourth-order valence-electron chi connectivity index (χ4n) is 2.30. The van der Waals surface area contributed by atoms with Crippen LogP contribution in [0.15, 0.2) is 0 Å². The highest BCUT2D eigenvalue weighted by Gasteiger charge is 2.20. The van der Waals surface area contributed by atoms with E-state index in [4.69, 9.17) is 16.2 Å². The Kier molecular flexibility index (Phi) is 5.65. The van der Waals surface area contributed by atoms with Crippen LogP contribution in [-0.2, 0) is 0 Å². The summed E-state index contributed by atoms with van der Waals surface area (Å²) >= 11 is 0. The van der Waals surface area contributed by atoms with Gasteiger partial charge in [0.25, 0.3) is 0 Å². The quantitative estimate of drug-likeness (QED) is 0.454. The minimum Gasteiger partial charge on any atom is -0.396 e. The van der Waals surface area contributed by atoms with E-state index in [1.54, 1.807) is 0 Å². The van der Waals surface area contributed by atoms with Gasteiger partial charge in [-0.2, -0.15) is 0 Å². The fraction of sp³-hybridized carbons (Fsp3) is 0.909. The largest absolute Gasteiger partial charge is 0.396 e. The van der Waals surface area contributed by atoms with Gasteiger partial charge in [0.1, 0.15) is 0 Å². The van der Waals surface area contributed by atoms with E-state index in [-0.39, 0.29) is 12.4 Å². The van der Waals surface area contributed by atoms with Crippen molar-refractivity contribution >= 4 is 5.84 Å².